The van der Waals surface area contributed by atoms with E-state index in [0.717, 1.165) is 12.1 Å². The van der Waals surface area contributed by atoms with Crippen molar-refractivity contribution in [3.8, 4) is 0 Å². The number of fused-ring (bicyclic) bond motifs is 1. The molecule has 9 heteroatoms. The van der Waals surface area contributed by atoms with Crippen molar-refractivity contribution in [1.29, 1.82) is 0 Å². The van der Waals surface area contributed by atoms with Gasteiger partial charge in [0.05, 0.1) is 35.3 Å². The summed E-state index contributed by atoms with van der Waals surface area (Å²) in [6, 6.07) is 2.84. The van der Waals surface area contributed by atoms with Gasteiger partial charge in [-0.25, -0.2) is 9.78 Å². The topological polar surface area (TPSA) is 66.8 Å². The number of hydrogen-bond donors (Lipinski definition) is 1. The minimum absolute atomic E-state index is 0.0169. The van der Waals surface area contributed by atoms with Crippen LogP contribution in [0.15, 0.2) is 35.5 Å². The number of anilines is 1. The number of alkyl halides is 3. The Balaban J connectivity index is 2.36. The van der Waals surface area contributed by atoms with Crippen molar-refractivity contribution >= 4 is 16.7 Å². The van der Waals surface area contributed by atoms with Crippen molar-refractivity contribution in [3.63, 3.8) is 0 Å². The molecule has 2 heterocycles. The zero-order valence-corrected chi connectivity index (χ0v) is 15.4. The second-order valence-electron chi connectivity index (χ2n) is 6.71. The number of imidazole rings is 1. The van der Waals surface area contributed by atoms with Crippen LogP contribution in [0.5, 0.6) is 0 Å². The number of nitrogens with zero attached hydrogens (tertiary/aromatic N) is 4. The number of nitrogens with one attached hydrogen (secondary N) is 1. The van der Waals surface area contributed by atoms with Crippen molar-refractivity contribution in [1.82, 2.24) is 19.5 Å². The minimum atomic E-state index is -4.51. The van der Waals surface area contributed by atoms with E-state index < -0.39 is 23.5 Å². The number of aromatic amines is 1. The van der Waals surface area contributed by atoms with E-state index in [9.17, 15) is 18.0 Å². The van der Waals surface area contributed by atoms with Gasteiger partial charge in [-0.3, -0.25) is 4.57 Å². The number of aromatic nitrogens is 4. The Morgan fingerprint density at radius 1 is 1.22 bits per heavy atom. The fourth-order valence-corrected chi connectivity index (χ4v) is 2.93. The van der Waals surface area contributed by atoms with E-state index in [1.54, 1.807) is 18.9 Å². The second-order valence-corrected chi connectivity index (χ2v) is 6.71. The Kier molecular flexibility index (Phi) is 4.71. The molecule has 0 aliphatic rings. The smallest absolute Gasteiger partial charge is 0.357 e. The highest BCUT2D eigenvalue weighted by molar-refractivity contribution is 5.90. The van der Waals surface area contributed by atoms with Crippen molar-refractivity contribution < 1.29 is 13.2 Å². The molecule has 0 saturated carbocycles. The maximum Gasteiger partial charge on any atom is 0.416 e. The quantitative estimate of drug-likeness (QED) is 0.752. The maximum absolute atomic E-state index is 13.3. The highest BCUT2D eigenvalue weighted by atomic mass is 19.4. The van der Waals surface area contributed by atoms with E-state index in [-0.39, 0.29) is 11.6 Å². The molecule has 0 radical (unpaired) electrons. The Morgan fingerprint density at radius 2 is 1.93 bits per heavy atom. The van der Waals surface area contributed by atoms with Gasteiger partial charge in [0.1, 0.15) is 5.82 Å². The van der Waals surface area contributed by atoms with Crippen molar-refractivity contribution in [2.24, 2.45) is 0 Å². The molecule has 144 valence electrons. The molecule has 1 N–H and O–H groups in total. The molecule has 0 spiro atoms. The van der Waals surface area contributed by atoms with Crippen molar-refractivity contribution in [3.05, 3.63) is 52.5 Å². The van der Waals surface area contributed by atoms with E-state index in [4.69, 9.17) is 0 Å². The van der Waals surface area contributed by atoms with Gasteiger partial charge in [-0.05, 0) is 39.0 Å². The van der Waals surface area contributed by atoms with Gasteiger partial charge in [-0.15, -0.1) is 0 Å². The Hall–Kier alpha value is -2.84. The summed E-state index contributed by atoms with van der Waals surface area (Å²) in [6.45, 7) is 5.54. The van der Waals surface area contributed by atoms with E-state index in [1.807, 2.05) is 13.8 Å². The summed E-state index contributed by atoms with van der Waals surface area (Å²) in [4.78, 5) is 25.5. The van der Waals surface area contributed by atoms with Crippen LogP contribution < -0.4 is 10.6 Å². The van der Waals surface area contributed by atoms with Crippen LogP contribution in [0.2, 0.25) is 0 Å². The molecule has 0 fully saturated rings. The highest BCUT2D eigenvalue weighted by Gasteiger charge is 2.32. The minimum Gasteiger partial charge on any atom is -0.357 e. The molecule has 0 amide bonds. The SMILES string of the molecule is CC(C)N(C)c1nc(=O)n([C@@H](C)c2cnc[nH]2)c2cc(C(F)(F)F)ccc12. The summed E-state index contributed by atoms with van der Waals surface area (Å²) in [6.07, 6.45) is -1.53. The lowest BCUT2D eigenvalue weighted by Crippen LogP contribution is -2.33. The molecule has 1 atom stereocenters. The van der Waals surface area contributed by atoms with Gasteiger partial charge in [-0.1, -0.05) is 0 Å². The number of hydrogen-bond acceptors (Lipinski definition) is 4. The molecule has 0 aliphatic heterocycles. The summed E-state index contributed by atoms with van der Waals surface area (Å²) in [7, 11) is 1.76. The normalized spacial score (nSPS) is 13.3. The monoisotopic (exact) mass is 379 g/mol. The van der Waals surface area contributed by atoms with Gasteiger partial charge in [0.15, 0.2) is 0 Å². The van der Waals surface area contributed by atoms with Crippen molar-refractivity contribution in [2.75, 3.05) is 11.9 Å². The summed E-state index contributed by atoms with van der Waals surface area (Å²) in [5.74, 6) is 0.354. The van der Waals surface area contributed by atoms with Crippen LogP contribution in [0.4, 0.5) is 19.0 Å². The number of H-pyrrole nitrogens is 1. The Bertz CT molecular complexity index is 1010. The first-order chi connectivity index (χ1) is 12.6. The summed E-state index contributed by atoms with van der Waals surface area (Å²) >= 11 is 0. The highest BCUT2D eigenvalue weighted by Crippen LogP contribution is 2.34. The molecular weight excluding hydrogens is 359 g/mol. The van der Waals surface area contributed by atoms with Gasteiger partial charge in [0, 0.05) is 18.5 Å². The molecule has 6 nitrogen and oxygen atoms in total. The lowest BCUT2D eigenvalue weighted by atomic mass is 10.1. The fourth-order valence-electron chi connectivity index (χ4n) is 2.93. The van der Waals surface area contributed by atoms with Crippen LogP contribution in [0.1, 0.15) is 38.1 Å². The second kappa shape index (κ2) is 6.71. The number of rotatable bonds is 4. The lowest BCUT2D eigenvalue weighted by Gasteiger charge is -2.26. The van der Waals surface area contributed by atoms with E-state index in [2.05, 4.69) is 15.0 Å². The van der Waals surface area contributed by atoms with Crippen LogP contribution in [-0.4, -0.2) is 32.6 Å². The third-order valence-electron chi connectivity index (χ3n) is 4.70. The molecule has 2 aromatic heterocycles. The Morgan fingerprint density at radius 3 is 2.48 bits per heavy atom. The first kappa shape index (κ1) is 18.9. The summed E-state index contributed by atoms with van der Waals surface area (Å²) < 4.78 is 41.1. The van der Waals surface area contributed by atoms with Crippen molar-refractivity contribution in [2.45, 2.75) is 39.0 Å². The predicted molar refractivity (Wildman–Crippen MR) is 96.9 cm³/mol. The van der Waals surface area contributed by atoms with Gasteiger partial charge in [0.25, 0.3) is 0 Å². The molecule has 0 saturated heterocycles. The molecule has 0 aliphatic carbocycles. The number of halogens is 3. The molecular formula is C18H20F3N5O. The lowest BCUT2D eigenvalue weighted by molar-refractivity contribution is -0.137. The molecule has 0 unspecified atom stereocenters. The fraction of sp³-hybridized carbons (Fsp3) is 0.389. The van der Waals surface area contributed by atoms with Gasteiger partial charge in [0.2, 0.25) is 0 Å². The van der Waals surface area contributed by atoms with Gasteiger partial charge < -0.3 is 9.88 Å². The summed E-state index contributed by atoms with van der Waals surface area (Å²) in [5, 5.41) is 0.477. The zero-order chi connectivity index (χ0) is 19.9. The average molecular weight is 379 g/mol. The van der Waals surface area contributed by atoms with E-state index in [1.165, 1.54) is 23.2 Å². The largest absolute Gasteiger partial charge is 0.416 e. The first-order valence-corrected chi connectivity index (χ1v) is 8.46. The van der Waals surface area contributed by atoms with Crippen LogP contribution >= 0.6 is 0 Å². The van der Waals surface area contributed by atoms with E-state index in [0.29, 0.717) is 16.9 Å². The molecule has 0 bridgehead atoms. The number of benzene rings is 1. The van der Waals surface area contributed by atoms with Crippen LogP contribution in [0.25, 0.3) is 10.9 Å². The van der Waals surface area contributed by atoms with Crippen LogP contribution in [0, 0.1) is 0 Å². The molecule has 1 aromatic carbocycles. The van der Waals surface area contributed by atoms with Crippen LogP contribution in [-0.2, 0) is 6.18 Å². The Labute approximate surface area is 153 Å². The van der Waals surface area contributed by atoms with Crippen LogP contribution in [0.3, 0.4) is 0 Å². The third kappa shape index (κ3) is 3.41. The zero-order valence-electron chi connectivity index (χ0n) is 15.4. The molecule has 27 heavy (non-hydrogen) atoms. The standard InChI is InChI=1S/C18H20F3N5O/c1-10(2)25(4)16-13-6-5-12(18(19,20)21)7-15(13)26(17(27)24-16)11(3)14-8-22-9-23-14/h5-11H,1-4H3,(H,22,23)/t11-/m0/s1. The average Bonchev–Trinajstić information content (AvgIpc) is 3.13. The first-order valence-electron chi connectivity index (χ1n) is 8.46. The maximum atomic E-state index is 13.3. The van der Waals surface area contributed by atoms with Gasteiger partial charge >= 0.3 is 11.9 Å². The molecule has 3 aromatic rings. The predicted octanol–water partition coefficient (Wildman–Crippen LogP) is 3.59. The molecule has 3 rings (SSSR count). The summed E-state index contributed by atoms with van der Waals surface area (Å²) in [5.41, 5.74) is -0.660. The van der Waals surface area contributed by atoms with Gasteiger partial charge in [-0.2, -0.15) is 18.2 Å². The third-order valence-corrected chi connectivity index (χ3v) is 4.70. The van der Waals surface area contributed by atoms with E-state index >= 15 is 0 Å².